The summed E-state index contributed by atoms with van der Waals surface area (Å²) in [7, 11) is 0.428. The molecule has 5 aliphatic carbocycles. The van der Waals surface area contributed by atoms with Gasteiger partial charge in [0.05, 0.1) is 13.7 Å². The van der Waals surface area contributed by atoms with Gasteiger partial charge in [-0.15, -0.1) is 0 Å². The fourth-order valence-corrected chi connectivity index (χ4v) is 19.0. The molecule has 270 valence electrons. The smallest absolute Gasteiger partial charge is 0.0598 e. The Morgan fingerprint density at radius 3 is 2.14 bits per heavy atom. The third-order valence-electron chi connectivity index (χ3n) is 14.0. The van der Waals surface area contributed by atoms with Crippen LogP contribution in [-0.4, -0.2) is 33.4 Å². The number of hydrogen-bond acceptors (Lipinski definition) is 2. The molecule has 1 aromatic carbocycles. The first-order valence-corrected chi connectivity index (χ1v) is 23.5. The average molecular weight is 690 g/mol. The molecule has 0 N–H and O–H groups in total. The Hall–Kier alpha value is -2.36. The van der Waals surface area contributed by atoms with Crippen molar-refractivity contribution >= 4 is 13.8 Å². The fraction of sp³-hybridized carbons (Fsp3) is 0.617. The van der Waals surface area contributed by atoms with Crippen LogP contribution in [0.15, 0.2) is 90.6 Å². The minimum atomic E-state index is -1.99. The van der Waals surface area contributed by atoms with E-state index in [0.29, 0.717) is 47.5 Å². The molecule has 0 radical (unpaired) electrons. The van der Waals surface area contributed by atoms with Crippen LogP contribution in [0.2, 0.25) is 23.7 Å². The van der Waals surface area contributed by atoms with E-state index in [9.17, 15) is 0 Å². The van der Waals surface area contributed by atoms with E-state index in [1.54, 1.807) is 11.1 Å². The van der Waals surface area contributed by atoms with Crippen molar-refractivity contribution in [3.8, 4) is 0 Å². The molecule has 2 saturated carbocycles. The first-order chi connectivity index (χ1) is 24.1. The van der Waals surface area contributed by atoms with Gasteiger partial charge in [-0.05, 0) is 99.3 Å². The molecule has 1 aromatic rings. The highest BCUT2D eigenvalue weighted by Crippen LogP contribution is 2.70. The lowest BCUT2D eigenvalue weighted by Crippen LogP contribution is -2.48. The summed E-state index contributed by atoms with van der Waals surface area (Å²) in [6.07, 6.45) is 40.1. The Kier molecular flexibility index (Phi) is 10.8. The van der Waals surface area contributed by atoms with E-state index in [4.69, 9.17) is 4.74 Å². The summed E-state index contributed by atoms with van der Waals surface area (Å²) in [5, 5.41) is 0. The zero-order valence-electron chi connectivity index (χ0n) is 32.5. The highest BCUT2D eigenvalue weighted by molar-refractivity contribution is 6.82. The quantitative estimate of drug-likeness (QED) is 0.142. The molecule has 2 fully saturated rings. The molecule has 0 spiro atoms. The fourth-order valence-electron chi connectivity index (χ4n) is 12.0. The number of unbranched alkanes of at least 4 members (excludes halogenated alkanes) is 6. The number of fused-ring (bicyclic) bond motifs is 8. The van der Waals surface area contributed by atoms with Gasteiger partial charge in [0.1, 0.15) is 0 Å². The maximum Gasteiger partial charge on any atom is 0.0598 e. The van der Waals surface area contributed by atoms with Crippen molar-refractivity contribution in [2.24, 2.45) is 35.5 Å². The molecule has 0 saturated heterocycles. The molecule has 1 heterocycles. The first-order valence-electron chi connectivity index (χ1n) is 20.7. The summed E-state index contributed by atoms with van der Waals surface area (Å²) in [4.78, 5) is 2.71. The molecule has 50 heavy (non-hydrogen) atoms. The highest BCUT2D eigenvalue weighted by Gasteiger charge is 2.65. The van der Waals surface area contributed by atoms with Gasteiger partial charge < -0.3 is 9.64 Å². The predicted octanol–water partition coefficient (Wildman–Crippen LogP) is 12.5. The zero-order chi connectivity index (χ0) is 35.0. The van der Waals surface area contributed by atoms with Gasteiger partial charge in [0.15, 0.2) is 0 Å². The third kappa shape index (κ3) is 6.80. The topological polar surface area (TPSA) is 12.5 Å². The second-order valence-corrected chi connectivity index (χ2v) is 23.1. The van der Waals surface area contributed by atoms with Crippen LogP contribution >= 0.6 is 0 Å². The van der Waals surface area contributed by atoms with Crippen LogP contribution in [-0.2, 0) is 4.74 Å². The maximum absolute atomic E-state index is 6.13. The lowest BCUT2D eigenvalue weighted by Gasteiger charge is -2.48. The largest absolute Gasteiger partial charge is 0.376 e. The van der Waals surface area contributed by atoms with Crippen molar-refractivity contribution in [3.63, 3.8) is 0 Å². The van der Waals surface area contributed by atoms with Crippen molar-refractivity contribution < 1.29 is 4.74 Å². The summed E-state index contributed by atoms with van der Waals surface area (Å²) < 4.78 is 6.13. The third-order valence-corrected chi connectivity index (χ3v) is 20.0. The number of aryl methyl sites for hydroxylation is 1. The van der Waals surface area contributed by atoms with Crippen LogP contribution in [0.4, 0.5) is 5.69 Å². The molecule has 0 aromatic heterocycles. The van der Waals surface area contributed by atoms with E-state index in [1.807, 2.05) is 0 Å². The molecule has 11 unspecified atom stereocenters. The van der Waals surface area contributed by atoms with Crippen molar-refractivity contribution in [3.05, 3.63) is 102 Å². The molecule has 0 amide bonds. The van der Waals surface area contributed by atoms with Gasteiger partial charge in [-0.2, -0.15) is 0 Å². The van der Waals surface area contributed by atoms with Crippen LogP contribution in [0.25, 0.3) is 0 Å². The van der Waals surface area contributed by atoms with Gasteiger partial charge in [-0.3, -0.25) is 0 Å². The Balaban J connectivity index is 1.27. The second-order valence-electron chi connectivity index (χ2n) is 18.3. The van der Waals surface area contributed by atoms with E-state index >= 15 is 0 Å². The van der Waals surface area contributed by atoms with E-state index < -0.39 is 8.07 Å². The molecule has 11 atom stereocenters. The number of anilines is 1. The minimum Gasteiger partial charge on any atom is -0.376 e. The first kappa shape index (κ1) is 36.0. The molecule has 0 bridgehead atoms. The van der Waals surface area contributed by atoms with Crippen LogP contribution < -0.4 is 4.90 Å². The molecule has 6 aliphatic rings. The van der Waals surface area contributed by atoms with E-state index in [2.05, 4.69) is 138 Å². The van der Waals surface area contributed by atoms with E-state index in [-0.39, 0.29) is 5.60 Å². The number of rotatable bonds is 14. The van der Waals surface area contributed by atoms with Gasteiger partial charge in [-0.25, -0.2) is 0 Å². The average Bonchev–Trinajstić information content (AvgIpc) is 3.71. The second kappa shape index (κ2) is 14.9. The molecular weight excluding hydrogens is 623 g/mol. The highest BCUT2D eigenvalue weighted by atomic mass is 28.3. The zero-order valence-corrected chi connectivity index (χ0v) is 33.5. The summed E-state index contributed by atoms with van der Waals surface area (Å²) in [6.45, 7) is 15.0. The normalized spacial score (nSPS) is 34.3. The van der Waals surface area contributed by atoms with E-state index in [1.165, 1.54) is 75.1 Å². The molecule has 1 aliphatic heterocycles. The van der Waals surface area contributed by atoms with Crippen LogP contribution in [0.5, 0.6) is 0 Å². The maximum atomic E-state index is 6.13. The number of allylic oxidation sites excluding steroid dienone is 11. The molecular formula is C47H67NOSi. The lowest BCUT2D eigenvalue weighted by molar-refractivity contribution is -0.00471. The summed E-state index contributed by atoms with van der Waals surface area (Å²) in [5.74, 6) is 4.45. The molecule has 2 nitrogen and oxygen atoms in total. The lowest BCUT2D eigenvalue weighted by atomic mass is 9.81. The Morgan fingerprint density at radius 2 is 1.40 bits per heavy atom. The standard InChI is InChI=1S/C47H67NOSi/c1-8-9-10-13-20-34-26-27-36-35-21-14-16-23-38(35)45(40(36)32-34)50(7,30-19-12-11-18-29-49-47(3,4)5)46-39-24-17-15-22-37(39)44-43(46)41-31-33(2)25-28-42(41)48(44)6/h14-17,21-28,31-32,35-40,43-46H,8-13,18-20,29-30H2,1-7H3. The summed E-state index contributed by atoms with van der Waals surface area (Å²) in [6, 6.07) is 9.41. The minimum absolute atomic E-state index is 0.0413. The Bertz CT molecular complexity index is 1540. The van der Waals surface area contributed by atoms with Gasteiger partial charge in [-0.1, -0.05) is 148 Å². The van der Waals surface area contributed by atoms with Crippen LogP contribution in [0.1, 0.15) is 103 Å². The van der Waals surface area contributed by atoms with Crippen molar-refractivity contribution in [1.29, 1.82) is 0 Å². The van der Waals surface area contributed by atoms with Crippen molar-refractivity contribution in [2.75, 3.05) is 18.6 Å². The van der Waals surface area contributed by atoms with Crippen molar-refractivity contribution in [2.45, 2.75) is 134 Å². The number of ether oxygens (including phenoxy) is 1. The van der Waals surface area contributed by atoms with E-state index in [0.717, 1.165) is 17.7 Å². The number of hydrogen-bond donors (Lipinski definition) is 0. The molecule has 7 rings (SSSR count). The van der Waals surface area contributed by atoms with Gasteiger partial charge >= 0.3 is 0 Å². The SMILES string of the molecule is CCCCCCC1=CC2C(C=C1)C1C=CC=CC1C2[Si](C)(CCCCCCOC(C)(C)C)C1C2C=CC=CC2C2C1c1cc(C)ccc1N2C. The van der Waals surface area contributed by atoms with Crippen LogP contribution in [0, 0.1) is 42.4 Å². The Labute approximate surface area is 306 Å². The number of nitrogens with zero attached hydrogens (tertiary/aromatic N) is 1. The summed E-state index contributed by atoms with van der Waals surface area (Å²) >= 11 is 0. The predicted molar refractivity (Wildman–Crippen MR) is 218 cm³/mol. The number of likely N-dealkylation sites (N-methyl/N-ethyl adjacent to an activating group) is 1. The Morgan fingerprint density at radius 1 is 0.740 bits per heavy atom. The van der Waals surface area contributed by atoms with Gasteiger partial charge in [0, 0.05) is 37.2 Å². The monoisotopic (exact) mass is 689 g/mol. The van der Waals surface area contributed by atoms with Gasteiger partial charge in [0.2, 0.25) is 0 Å². The van der Waals surface area contributed by atoms with Crippen LogP contribution in [0.3, 0.4) is 0 Å². The van der Waals surface area contributed by atoms with Gasteiger partial charge in [0.25, 0.3) is 0 Å². The van der Waals surface area contributed by atoms with Crippen molar-refractivity contribution in [1.82, 2.24) is 0 Å². The molecule has 3 heteroatoms. The number of benzene rings is 1. The summed E-state index contributed by atoms with van der Waals surface area (Å²) in [5.41, 5.74) is 7.69.